The Morgan fingerprint density at radius 2 is 1.97 bits per heavy atom. The summed E-state index contributed by atoms with van der Waals surface area (Å²) in [4.78, 5) is 17.0. The zero-order valence-electron chi connectivity index (χ0n) is 17.2. The lowest BCUT2D eigenvalue weighted by atomic mass is 10.0. The summed E-state index contributed by atoms with van der Waals surface area (Å²) in [7, 11) is 1.94. The number of carbonyl (C=O) groups excluding carboxylic acids is 1. The van der Waals surface area contributed by atoms with Crippen LogP contribution in [0.1, 0.15) is 43.1 Å². The molecule has 1 heterocycles. The summed E-state index contributed by atoms with van der Waals surface area (Å²) in [6, 6.07) is 14.2. The van der Waals surface area contributed by atoms with Crippen molar-refractivity contribution in [2.75, 3.05) is 7.05 Å². The van der Waals surface area contributed by atoms with Crippen LogP contribution in [-0.4, -0.2) is 22.5 Å². The lowest BCUT2D eigenvalue weighted by Crippen LogP contribution is -2.24. The molecule has 0 aliphatic heterocycles. The van der Waals surface area contributed by atoms with Crippen molar-refractivity contribution < 1.29 is 4.79 Å². The first kappa shape index (κ1) is 21.3. The van der Waals surface area contributed by atoms with Crippen molar-refractivity contribution in [2.45, 2.75) is 52.2 Å². The second kappa shape index (κ2) is 10.4. The Kier molecular flexibility index (Phi) is 7.67. The number of rotatable bonds is 10. The molecule has 0 atom stereocenters. The number of carbonyl (C=O) groups is 1. The summed E-state index contributed by atoms with van der Waals surface area (Å²) < 4.78 is 2.15. The first-order valence-electron chi connectivity index (χ1n) is 10.2. The Morgan fingerprint density at radius 1 is 1.14 bits per heavy atom. The van der Waals surface area contributed by atoms with Crippen molar-refractivity contribution in [3.63, 3.8) is 0 Å². The van der Waals surface area contributed by atoms with E-state index in [1.165, 1.54) is 11.1 Å². The van der Waals surface area contributed by atoms with Crippen LogP contribution in [0.4, 0.5) is 0 Å². The van der Waals surface area contributed by atoms with E-state index in [1.807, 2.05) is 25.2 Å². The van der Waals surface area contributed by atoms with Crippen molar-refractivity contribution >= 4 is 28.5 Å². The number of aromatic nitrogens is 2. The summed E-state index contributed by atoms with van der Waals surface area (Å²) >= 11 is 6.15. The Hall–Kier alpha value is -2.37. The van der Waals surface area contributed by atoms with Gasteiger partial charge in [0, 0.05) is 24.5 Å². The lowest BCUT2D eigenvalue weighted by Gasteiger charge is -2.09. The molecule has 3 aromatic rings. The molecule has 1 amide bonds. The van der Waals surface area contributed by atoms with Gasteiger partial charge >= 0.3 is 0 Å². The highest BCUT2D eigenvalue weighted by Gasteiger charge is 2.12. The maximum atomic E-state index is 12.3. The molecule has 0 aliphatic carbocycles. The normalized spacial score (nSPS) is 11.1. The average molecular weight is 413 g/mol. The fourth-order valence-electron chi connectivity index (χ4n) is 3.57. The van der Waals surface area contributed by atoms with Crippen LogP contribution in [0, 0.1) is 0 Å². The minimum Gasteiger partial charge on any atom is -0.349 e. The number of benzene rings is 2. The molecule has 0 unspecified atom stereocenters. The number of hydrogen-bond donors (Lipinski definition) is 2. The van der Waals surface area contributed by atoms with Gasteiger partial charge in [0.2, 0.25) is 5.91 Å². The highest BCUT2D eigenvalue weighted by molar-refractivity contribution is 6.31. The fourth-order valence-corrected chi connectivity index (χ4v) is 3.74. The van der Waals surface area contributed by atoms with Crippen molar-refractivity contribution in [3.05, 3.63) is 64.4 Å². The predicted octanol–water partition coefficient (Wildman–Crippen LogP) is 4.46. The molecule has 0 bridgehead atoms. The number of imidazole rings is 1. The van der Waals surface area contributed by atoms with Crippen molar-refractivity contribution in [1.29, 1.82) is 0 Å². The summed E-state index contributed by atoms with van der Waals surface area (Å²) in [5.74, 6) is 0.932. The highest BCUT2D eigenvalue weighted by Crippen LogP contribution is 2.21. The predicted molar refractivity (Wildman–Crippen MR) is 119 cm³/mol. The van der Waals surface area contributed by atoms with Crippen LogP contribution in [0.15, 0.2) is 42.5 Å². The van der Waals surface area contributed by atoms with Crippen LogP contribution in [0.25, 0.3) is 11.0 Å². The van der Waals surface area contributed by atoms with Crippen LogP contribution < -0.4 is 10.6 Å². The van der Waals surface area contributed by atoms with Gasteiger partial charge in [0.25, 0.3) is 0 Å². The van der Waals surface area contributed by atoms with Crippen LogP contribution in [-0.2, 0) is 30.8 Å². The molecule has 0 saturated heterocycles. The van der Waals surface area contributed by atoms with E-state index >= 15 is 0 Å². The molecule has 0 saturated carbocycles. The number of aryl methyl sites for hydroxylation is 2. The van der Waals surface area contributed by atoms with Gasteiger partial charge in [-0.2, -0.15) is 0 Å². The topological polar surface area (TPSA) is 59.0 Å². The quantitative estimate of drug-likeness (QED) is 0.517. The smallest absolute Gasteiger partial charge is 0.220 e. The molecule has 5 nitrogen and oxygen atoms in total. The molecule has 2 N–H and O–H groups in total. The molecule has 0 radical (unpaired) electrons. The molecule has 1 aromatic heterocycles. The third-order valence-electron chi connectivity index (χ3n) is 4.92. The van der Waals surface area contributed by atoms with E-state index in [1.54, 1.807) is 0 Å². The monoisotopic (exact) mass is 412 g/mol. The number of nitrogens with one attached hydrogen (secondary N) is 2. The second-order valence-corrected chi connectivity index (χ2v) is 7.73. The Bertz CT molecular complexity index is 967. The maximum Gasteiger partial charge on any atom is 0.220 e. The Balaban J connectivity index is 1.54. The van der Waals surface area contributed by atoms with Gasteiger partial charge in [0.1, 0.15) is 5.82 Å². The Labute approximate surface area is 177 Å². The molecule has 0 spiro atoms. The summed E-state index contributed by atoms with van der Waals surface area (Å²) in [6.07, 6.45) is 3.23. The van der Waals surface area contributed by atoms with Crippen molar-refractivity contribution in [3.8, 4) is 0 Å². The van der Waals surface area contributed by atoms with Gasteiger partial charge in [-0.15, -0.1) is 0 Å². The minimum atomic E-state index is 0.0597. The largest absolute Gasteiger partial charge is 0.349 e. The van der Waals surface area contributed by atoms with Crippen LogP contribution in [0.2, 0.25) is 5.02 Å². The first-order chi connectivity index (χ1) is 14.1. The molecule has 0 fully saturated rings. The molecule has 0 aliphatic rings. The SMILES string of the molecule is CCCn1c(CNC(=O)CCCc2cccc(CNC)c2)nc2ccc(Cl)cc21. The molecule has 2 aromatic carbocycles. The standard InChI is InChI=1S/C23H29ClN4O/c1-3-12-28-21-14-19(24)10-11-20(21)27-22(28)16-26-23(29)9-5-7-17-6-4-8-18(13-17)15-25-2/h4,6,8,10-11,13-14,25H,3,5,7,9,12,15-16H2,1-2H3,(H,26,29). The molecule has 6 heteroatoms. The van der Waals surface area contributed by atoms with E-state index in [4.69, 9.17) is 11.6 Å². The number of halogens is 1. The highest BCUT2D eigenvalue weighted by atomic mass is 35.5. The minimum absolute atomic E-state index is 0.0597. The van der Waals surface area contributed by atoms with E-state index < -0.39 is 0 Å². The Morgan fingerprint density at radius 3 is 2.76 bits per heavy atom. The summed E-state index contributed by atoms with van der Waals surface area (Å²) in [5.41, 5.74) is 4.47. The second-order valence-electron chi connectivity index (χ2n) is 7.29. The fraction of sp³-hybridized carbons (Fsp3) is 0.391. The van der Waals surface area contributed by atoms with Crippen molar-refractivity contribution in [1.82, 2.24) is 20.2 Å². The van der Waals surface area contributed by atoms with E-state index in [2.05, 4.69) is 51.4 Å². The van der Waals surface area contributed by atoms with Crippen molar-refractivity contribution in [2.24, 2.45) is 0 Å². The lowest BCUT2D eigenvalue weighted by molar-refractivity contribution is -0.121. The van der Waals surface area contributed by atoms with Crippen LogP contribution in [0.3, 0.4) is 0 Å². The molecular formula is C23H29ClN4O. The average Bonchev–Trinajstić information content (AvgIpc) is 3.04. The third-order valence-corrected chi connectivity index (χ3v) is 5.16. The zero-order chi connectivity index (χ0) is 20.6. The number of nitrogens with zero attached hydrogens (tertiary/aromatic N) is 2. The summed E-state index contributed by atoms with van der Waals surface area (Å²) in [6.45, 7) is 4.27. The third kappa shape index (κ3) is 5.81. The first-order valence-corrected chi connectivity index (χ1v) is 10.6. The van der Waals surface area contributed by atoms with Gasteiger partial charge in [-0.25, -0.2) is 4.98 Å². The van der Waals surface area contributed by atoms with Gasteiger partial charge in [-0.1, -0.05) is 42.8 Å². The van der Waals surface area contributed by atoms with Gasteiger partial charge in [-0.3, -0.25) is 4.79 Å². The van der Waals surface area contributed by atoms with Gasteiger partial charge in [-0.05, 0) is 55.6 Å². The summed E-state index contributed by atoms with van der Waals surface area (Å²) in [5, 5.41) is 6.89. The number of fused-ring (bicyclic) bond motifs is 1. The number of hydrogen-bond acceptors (Lipinski definition) is 3. The molecule has 29 heavy (non-hydrogen) atoms. The van der Waals surface area contributed by atoms with E-state index in [-0.39, 0.29) is 5.91 Å². The molecular weight excluding hydrogens is 384 g/mol. The van der Waals surface area contributed by atoms with E-state index in [0.29, 0.717) is 18.0 Å². The van der Waals surface area contributed by atoms with E-state index in [0.717, 1.165) is 49.2 Å². The van der Waals surface area contributed by atoms with Gasteiger partial charge < -0.3 is 15.2 Å². The molecule has 154 valence electrons. The maximum absolute atomic E-state index is 12.3. The number of amides is 1. The zero-order valence-corrected chi connectivity index (χ0v) is 17.9. The molecule has 3 rings (SSSR count). The van der Waals surface area contributed by atoms with Crippen LogP contribution in [0.5, 0.6) is 0 Å². The van der Waals surface area contributed by atoms with Gasteiger partial charge in [0.15, 0.2) is 0 Å². The van der Waals surface area contributed by atoms with E-state index in [9.17, 15) is 4.79 Å². The van der Waals surface area contributed by atoms with Crippen LogP contribution >= 0.6 is 11.6 Å². The van der Waals surface area contributed by atoms with Gasteiger partial charge in [0.05, 0.1) is 17.6 Å².